The van der Waals surface area contributed by atoms with Gasteiger partial charge in [-0.1, -0.05) is 25.1 Å². The SMILES string of the molecule is CCc1c(C)cc(C(=O)N2CCCN3C(=O)c4ccccc4[C@@H]32)c(=O)n1C. The lowest BCUT2D eigenvalue weighted by Crippen LogP contribution is -2.50. The Morgan fingerprint density at radius 1 is 1.19 bits per heavy atom. The summed E-state index contributed by atoms with van der Waals surface area (Å²) in [5, 5.41) is 0. The molecule has 0 unspecified atom stereocenters. The van der Waals surface area contributed by atoms with E-state index in [1.165, 1.54) is 0 Å². The predicted octanol–water partition coefficient (Wildman–Crippen LogP) is 2.26. The van der Waals surface area contributed by atoms with E-state index in [0.29, 0.717) is 25.1 Å². The van der Waals surface area contributed by atoms with Crippen LogP contribution in [0.1, 0.15) is 57.0 Å². The van der Waals surface area contributed by atoms with Crippen LogP contribution in [-0.4, -0.2) is 39.3 Å². The van der Waals surface area contributed by atoms with Crippen LogP contribution in [0.25, 0.3) is 0 Å². The van der Waals surface area contributed by atoms with Gasteiger partial charge in [0.15, 0.2) is 0 Å². The molecule has 1 aromatic carbocycles. The van der Waals surface area contributed by atoms with Crippen molar-refractivity contribution in [3.63, 3.8) is 0 Å². The largest absolute Gasteiger partial charge is 0.315 e. The van der Waals surface area contributed by atoms with Crippen molar-refractivity contribution < 1.29 is 9.59 Å². The second kappa shape index (κ2) is 6.37. The Balaban J connectivity index is 1.79. The topological polar surface area (TPSA) is 62.6 Å². The Kier molecular flexibility index (Phi) is 4.13. The third kappa shape index (κ3) is 2.51. The van der Waals surface area contributed by atoms with E-state index in [-0.39, 0.29) is 22.9 Å². The molecule has 0 saturated carbocycles. The lowest BCUT2D eigenvalue weighted by atomic mass is 10.0. The number of fused-ring (bicyclic) bond motifs is 3. The summed E-state index contributed by atoms with van der Waals surface area (Å²) in [7, 11) is 1.71. The Bertz CT molecular complexity index is 1010. The molecule has 6 nitrogen and oxygen atoms in total. The van der Waals surface area contributed by atoms with Crippen molar-refractivity contribution >= 4 is 11.8 Å². The summed E-state index contributed by atoms with van der Waals surface area (Å²) >= 11 is 0. The first kappa shape index (κ1) is 17.5. The van der Waals surface area contributed by atoms with E-state index in [1.54, 1.807) is 33.5 Å². The Morgan fingerprint density at radius 2 is 1.93 bits per heavy atom. The van der Waals surface area contributed by atoms with Crippen LogP contribution in [0.4, 0.5) is 0 Å². The summed E-state index contributed by atoms with van der Waals surface area (Å²) < 4.78 is 1.57. The van der Waals surface area contributed by atoms with Crippen molar-refractivity contribution in [2.45, 2.75) is 32.9 Å². The van der Waals surface area contributed by atoms with Crippen molar-refractivity contribution in [2.24, 2.45) is 7.05 Å². The van der Waals surface area contributed by atoms with Crippen molar-refractivity contribution in [1.82, 2.24) is 14.4 Å². The second-order valence-electron chi connectivity index (χ2n) is 7.22. The molecular weight excluding hydrogens is 342 g/mol. The lowest BCUT2D eigenvalue weighted by Gasteiger charge is -2.40. The maximum Gasteiger partial charge on any atom is 0.263 e. The molecule has 2 aromatic rings. The first-order chi connectivity index (χ1) is 13.0. The van der Waals surface area contributed by atoms with Crippen LogP contribution < -0.4 is 5.56 Å². The Labute approximate surface area is 158 Å². The van der Waals surface area contributed by atoms with E-state index >= 15 is 0 Å². The minimum absolute atomic E-state index is 0.0430. The van der Waals surface area contributed by atoms with Gasteiger partial charge in [-0.05, 0) is 37.5 Å². The molecule has 2 aliphatic heterocycles. The number of carbonyl (C=O) groups excluding carboxylic acids is 2. The number of aryl methyl sites for hydroxylation is 1. The number of hydrogen-bond acceptors (Lipinski definition) is 3. The third-order valence-corrected chi connectivity index (χ3v) is 5.70. The number of nitrogens with zero attached hydrogens (tertiary/aromatic N) is 3. The molecular formula is C21H23N3O3. The van der Waals surface area contributed by atoms with Gasteiger partial charge in [-0.2, -0.15) is 0 Å². The van der Waals surface area contributed by atoms with E-state index in [9.17, 15) is 14.4 Å². The molecule has 2 aliphatic rings. The number of pyridine rings is 1. The zero-order valence-electron chi connectivity index (χ0n) is 15.9. The standard InChI is InChI=1S/C21H23N3O3/c1-4-17-13(2)12-16(19(25)22(17)3)21(27)24-11-7-10-23-18(24)14-8-5-6-9-15(14)20(23)26/h5-6,8-9,12,18H,4,7,10-11H2,1-3H3/t18-/m0/s1. The molecule has 1 fully saturated rings. The fourth-order valence-corrected chi connectivity index (χ4v) is 4.41. The maximum atomic E-state index is 13.4. The fraction of sp³-hybridized carbons (Fsp3) is 0.381. The molecule has 1 atom stereocenters. The molecule has 0 aliphatic carbocycles. The van der Waals surface area contributed by atoms with Crippen molar-refractivity contribution in [1.29, 1.82) is 0 Å². The normalized spacial score (nSPS) is 18.5. The first-order valence-electron chi connectivity index (χ1n) is 9.36. The highest BCUT2D eigenvalue weighted by Crippen LogP contribution is 2.39. The van der Waals surface area contributed by atoms with Gasteiger partial charge in [-0.15, -0.1) is 0 Å². The van der Waals surface area contributed by atoms with Crippen LogP contribution in [0.3, 0.4) is 0 Å². The van der Waals surface area contributed by atoms with Crippen LogP contribution in [0, 0.1) is 6.92 Å². The monoisotopic (exact) mass is 365 g/mol. The number of amides is 2. The van der Waals surface area contributed by atoms with Crippen molar-refractivity contribution in [3.05, 3.63) is 68.6 Å². The van der Waals surface area contributed by atoms with E-state index in [1.807, 2.05) is 32.0 Å². The molecule has 27 heavy (non-hydrogen) atoms. The highest BCUT2D eigenvalue weighted by molar-refractivity contribution is 6.01. The van der Waals surface area contributed by atoms with Gasteiger partial charge in [0.25, 0.3) is 17.4 Å². The molecule has 1 saturated heterocycles. The van der Waals surface area contributed by atoms with Gasteiger partial charge in [0, 0.05) is 37.0 Å². The van der Waals surface area contributed by atoms with E-state index in [4.69, 9.17) is 0 Å². The summed E-state index contributed by atoms with van der Waals surface area (Å²) in [4.78, 5) is 42.3. The van der Waals surface area contributed by atoms with Gasteiger partial charge >= 0.3 is 0 Å². The molecule has 2 amide bonds. The van der Waals surface area contributed by atoms with E-state index in [0.717, 1.165) is 23.2 Å². The molecule has 4 rings (SSSR count). The lowest BCUT2D eigenvalue weighted by molar-refractivity contribution is 0.0163. The average Bonchev–Trinajstić information content (AvgIpc) is 2.98. The van der Waals surface area contributed by atoms with Gasteiger partial charge in [-0.25, -0.2) is 0 Å². The molecule has 0 radical (unpaired) electrons. The minimum Gasteiger partial charge on any atom is -0.315 e. The van der Waals surface area contributed by atoms with Crippen LogP contribution in [0.2, 0.25) is 0 Å². The van der Waals surface area contributed by atoms with Gasteiger partial charge in [0.05, 0.1) is 0 Å². The Hall–Kier alpha value is -2.89. The summed E-state index contributed by atoms with van der Waals surface area (Å²) in [5.74, 6) is -0.348. The summed E-state index contributed by atoms with van der Waals surface area (Å²) in [6.07, 6.45) is 1.01. The Morgan fingerprint density at radius 3 is 2.67 bits per heavy atom. The van der Waals surface area contributed by atoms with E-state index < -0.39 is 6.17 Å². The quantitative estimate of drug-likeness (QED) is 0.820. The van der Waals surface area contributed by atoms with Gasteiger partial charge in [-0.3, -0.25) is 14.4 Å². The highest BCUT2D eigenvalue weighted by atomic mass is 16.2. The molecule has 3 heterocycles. The van der Waals surface area contributed by atoms with Crippen LogP contribution >= 0.6 is 0 Å². The number of benzene rings is 1. The molecule has 6 heteroatoms. The number of carbonyl (C=O) groups is 2. The van der Waals surface area contributed by atoms with Crippen LogP contribution in [0.15, 0.2) is 35.1 Å². The molecule has 0 bridgehead atoms. The highest BCUT2D eigenvalue weighted by Gasteiger charge is 2.44. The molecule has 0 spiro atoms. The van der Waals surface area contributed by atoms with Crippen LogP contribution in [0.5, 0.6) is 0 Å². The van der Waals surface area contributed by atoms with Gasteiger partial charge in [0.1, 0.15) is 11.7 Å². The summed E-state index contributed by atoms with van der Waals surface area (Å²) in [6.45, 7) is 5.06. The van der Waals surface area contributed by atoms with E-state index in [2.05, 4.69) is 0 Å². The summed E-state index contributed by atoms with van der Waals surface area (Å²) in [6, 6.07) is 9.12. The smallest absolute Gasteiger partial charge is 0.263 e. The molecule has 1 aromatic heterocycles. The maximum absolute atomic E-state index is 13.4. The third-order valence-electron chi connectivity index (χ3n) is 5.70. The zero-order valence-corrected chi connectivity index (χ0v) is 15.9. The molecule has 140 valence electrons. The van der Waals surface area contributed by atoms with Crippen molar-refractivity contribution in [3.8, 4) is 0 Å². The second-order valence-corrected chi connectivity index (χ2v) is 7.22. The van der Waals surface area contributed by atoms with Gasteiger partial charge in [0.2, 0.25) is 0 Å². The molecule has 0 N–H and O–H groups in total. The first-order valence-corrected chi connectivity index (χ1v) is 9.36. The number of rotatable bonds is 2. The fourth-order valence-electron chi connectivity index (χ4n) is 4.41. The number of aromatic nitrogens is 1. The summed E-state index contributed by atoms with van der Waals surface area (Å²) in [5.41, 5.74) is 3.24. The number of hydrogen-bond donors (Lipinski definition) is 0. The average molecular weight is 365 g/mol. The van der Waals surface area contributed by atoms with Crippen molar-refractivity contribution in [2.75, 3.05) is 13.1 Å². The zero-order chi connectivity index (χ0) is 19.3. The van der Waals surface area contributed by atoms with Gasteiger partial charge < -0.3 is 14.4 Å². The minimum atomic E-state index is -0.425. The van der Waals surface area contributed by atoms with Crippen LogP contribution in [-0.2, 0) is 13.5 Å². The predicted molar refractivity (Wildman–Crippen MR) is 102 cm³/mol.